The van der Waals surface area contributed by atoms with Gasteiger partial charge in [0.1, 0.15) is 0 Å². The minimum absolute atomic E-state index is 0.156. The van der Waals surface area contributed by atoms with Crippen molar-refractivity contribution in [3.63, 3.8) is 0 Å². The van der Waals surface area contributed by atoms with Gasteiger partial charge in [-0.2, -0.15) is 13.2 Å². The van der Waals surface area contributed by atoms with Crippen molar-refractivity contribution in [1.29, 1.82) is 0 Å². The van der Waals surface area contributed by atoms with E-state index in [1.165, 1.54) is 6.07 Å². The third kappa shape index (κ3) is 3.03. The Kier molecular flexibility index (Phi) is 3.89. The van der Waals surface area contributed by atoms with Crippen LogP contribution in [0.25, 0.3) is 5.57 Å². The summed E-state index contributed by atoms with van der Waals surface area (Å²) in [7, 11) is 0. The zero-order valence-electron chi connectivity index (χ0n) is 11.6. The summed E-state index contributed by atoms with van der Waals surface area (Å²) in [6, 6.07) is 4.59. The van der Waals surface area contributed by atoms with Gasteiger partial charge < -0.3 is 0 Å². The molecule has 0 bridgehead atoms. The molecule has 2 rings (SSSR count). The van der Waals surface area contributed by atoms with Gasteiger partial charge in [0, 0.05) is 0 Å². The van der Waals surface area contributed by atoms with E-state index in [2.05, 4.69) is 6.58 Å². The fraction of sp³-hybridized carbons (Fsp3) is 0.294. The second kappa shape index (κ2) is 5.31. The Morgan fingerprint density at radius 2 is 1.85 bits per heavy atom. The van der Waals surface area contributed by atoms with Crippen LogP contribution in [0.4, 0.5) is 13.2 Å². The first-order chi connectivity index (χ1) is 9.29. The number of hydrogen-bond acceptors (Lipinski definition) is 0. The molecule has 0 aromatic heterocycles. The van der Waals surface area contributed by atoms with Gasteiger partial charge in [0.2, 0.25) is 0 Å². The fourth-order valence-electron chi connectivity index (χ4n) is 2.28. The normalized spacial score (nSPS) is 15.7. The van der Waals surface area contributed by atoms with Gasteiger partial charge in [-0.15, -0.1) is 0 Å². The molecule has 20 heavy (non-hydrogen) atoms. The van der Waals surface area contributed by atoms with Crippen LogP contribution in [0, 0.1) is 0 Å². The largest absolute Gasteiger partial charge is 0.416 e. The molecule has 0 nitrogen and oxygen atoms in total. The quantitative estimate of drug-likeness (QED) is 0.648. The Morgan fingerprint density at radius 3 is 2.35 bits per heavy atom. The standard InChI is InChI=1S/C17H17F3/c1-11(2)15-9-8-14(10-16(15)17(18,19)20)13-6-4-12(3)5-7-13/h4,6-11H,3,5H2,1-2H3. The SMILES string of the molecule is C=C1C=CC(c2ccc(C(C)C)c(C(F)(F)F)c2)=CC1. The monoisotopic (exact) mass is 278 g/mol. The highest BCUT2D eigenvalue weighted by molar-refractivity contribution is 5.77. The molecule has 1 aromatic carbocycles. The maximum Gasteiger partial charge on any atom is 0.416 e. The van der Waals surface area contributed by atoms with E-state index < -0.39 is 11.7 Å². The van der Waals surface area contributed by atoms with Crippen LogP contribution in [-0.2, 0) is 6.18 Å². The highest BCUT2D eigenvalue weighted by Gasteiger charge is 2.34. The number of hydrogen-bond donors (Lipinski definition) is 0. The lowest BCUT2D eigenvalue weighted by atomic mass is 9.91. The summed E-state index contributed by atoms with van der Waals surface area (Å²) < 4.78 is 39.5. The number of rotatable bonds is 2. The molecule has 0 aliphatic heterocycles. The molecule has 1 aromatic rings. The van der Waals surface area contributed by atoms with Crippen LogP contribution in [0.5, 0.6) is 0 Å². The fourth-order valence-corrected chi connectivity index (χ4v) is 2.28. The minimum atomic E-state index is -4.32. The molecule has 0 radical (unpaired) electrons. The summed E-state index contributed by atoms with van der Waals surface area (Å²) in [6.45, 7) is 7.37. The first-order valence-electron chi connectivity index (χ1n) is 6.56. The van der Waals surface area contributed by atoms with Crippen molar-refractivity contribution >= 4 is 5.57 Å². The second-order valence-corrected chi connectivity index (χ2v) is 5.31. The molecule has 1 aliphatic rings. The lowest BCUT2D eigenvalue weighted by Crippen LogP contribution is -2.11. The molecular weight excluding hydrogens is 261 g/mol. The Labute approximate surface area is 117 Å². The zero-order valence-corrected chi connectivity index (χ0v) is 11.6. The van der Waals surface area contributed by atoms with Crippen LogP contribution >= 0.6 is 0 Å². The zero-order chi connectivity index (χ0) is 14.9. The highest BCUT2D eigenvalue weighted by Crippen LogP contribution is 2.37. The molecule has 0 amide bonds. The van der Waals surface area contributed by atoms with E-state index >= 15 is 0 Å². The molecule has 3 heteroatoms. The molecule has 0 atom stereocenters. The van der Waals surface area contributed by atoms with Gasteiger partial charge in [-0.3, -0.25) is 0 Å². The van der Waals surface area contributed by atoms with Gasteiger partial charge in [-0.05, 0) is 35.1 Å². The van der Waals surface area contributed by atoms with Crippen molar-refractivity contribution in [2.75, 3.05) is 0 Å². The van der Waals surface area contributed by atoms with Gasteiger partial charge in [0.05, 0.1) is 5.56 Å². The predicted molar refractivity (Wildman–Crippen MR) is 76.4 cm³/mol. The van der Waals surface area contributed by atoms with Gasteiger partial charge in [-0.1, -0.05) is 56.4 Å². The molecule has 106 valence electrons. The van der Waals surface area contributed by atoms with Crippen molar-refractivity contribution in [3.8, 4) is 0 Å². The molecular formula is C17H17F3. The Bertz CT molecular complexity index is 587. The summed E-state index contributed by atoms with van der Waals surface area (Å²) in [6.07, 6.45) is 1.93. The molecule has 0 saturated heterocycles. The number of halogens is 3. The summed E-state index contributed by atoms with van der Waals surface area (Å²) >= 11 is 0. The molecule has 0 saturated carbocycles. The maximum atomic E-state index is 13.2. The lowest BCUT2D eigenvalue weighted by molar-refractivity contribution is -0.138. The smallest absolute Gasteiger partial charge is 0.166 e. The summed E-state index contributed by atoms with van der Waals surface area (Å²) in [5.41, 5.74) is 2.18. The van der Waals surface area contributed by atoms with E-state index in [0.717, 1.165) is 11.1 Å². The summed E-state index contributed by atoms with van der Waals surface area (Å²) in [5.74, 6) is -0.156. The van der Waals surface area contributed by atoms with E-state index in [1.807, 2.05) is 18.2 Å². The number of allylic oxidation sites excluding steroid dienone is 5. The van der Waals surface area contributed by atoms with E-state index in [1.54, 1.807) is 26.0 Å². The van der Waals surface area contributed by atoms with Crippen molar-refractivity contribution in [2.24, 2.45) is 0 Å². The van der Waals surface area contributed by atoms with Crippen LogP contribution in [0.2, 0.25) is 0 Å². The van der Waals surface area contributed by atoms with Gasteiger partial charge in [-0.25, -0.2) is 0 Å². The van der Waals surface area contributed by atoms with Crippen LogP contribution in [0.3, 0.4) is 0 Å². The predicted octanol–water partition coefficient (Wildman–Crippen LogP) is 5.73. The minimum Gasteiger partial charge on any atom is -0.166 e. The van der Waals surface area contributed by atoms with Gasteiger partial charge in [0.15, 0.2) is 0 Å². The Hall–Kier alpha value is -1.77. The summed E-state index contributed by atoms with van der Waals surface area (Å²) in [5, 5.41) is 0. The van der Waals surface area contributed by atoms with Gasteiger partial charge in [0.25, 0.3) is 0 Å². The Balaban J connectivity index is 2.48. The van der Waals surface area contributed by atoms with E-state index in [0.29, 0.717) is 17.5 Å². The van der Waals surface area contributed by atoms with E-state index in [9.17, 15) is 13.2 Å². The van der Waals surface area contributed by atoms with E-state index in [-0.39, 0.29) is 5.92 Å². The topological polar surface area (TPSA) is 0 Å². The highest BCUT2D eigenvalue weighted by atomic mass is 19.4. The number of benzene rings is 1. The molecule has 0 unspecified atom stereocenters. The van der Waals surface area contributed by atoms with Crippen molar-refractivity contribution < 1.29 is 13.2 Å². The van der Waals surface area contributed by atoms with Crippen LogP contribution in [0.15, 0.2) is 48.6 Å². The average molecular weight is 278 g/mol. The first kappa shape index (κ1) is 14.6. The second-order valence-electron chi connectivity index (χ2n) is 5.31. The van der Waals surface area contributed by atoms with Crippen LogP contribution in [0.1, 0.15) is 42.9 Å². The summed E-state index contributed by atoms with van der Waals surface area (Å²) in [4.78, 5) is 0. The van der Waals surface area contributed by atoms with E-state index in [4.69, 9.17) is 0 Å². The average Bonchev–Trinajstić information content (AvgIpc) is 2.38. The Morgan fingerprint density at radius 1 is 1.15 bits per heavy atom. The molecule has 0 fully saturated rings. The molecule has 1 aliphatic carbocycles. The van der Waals surface area contributed by atoms with Gasteiger partial charge >= 0.3 is 6.18 Å². The van der Waals surface area contributed by atoms with Crippen LogP contribution < -0.4 is 0 Å². The lowest BCUT2D eigenvalue weighted by Gasteiger charge is -2.18. The van der Waals surface area contributed by atoms with Crippen molar-refractivity contribution in [1.82, 2.24) is 0 Å². The van der Waals surface area contributed by atoms with Crippen LogP contribution in [-0.4, -0.2) is 0 Å². The molecule has 0 N–H and O–H groups in total. The molecule has 0 spiro atoms. The number of alkyl halides is 3. The van der Waals surface area contributed by atoms with Crippen molar-refractivity contribution in [3.05, 3.63) is 65.3 Å². The third-order valence-electron chi connectivity index (χ3n) is 3.40. The first-order valence-corrected chi connectivity index (χ1v) is 6.56. The third-order valence-corrected chi connectivity index (χ3v) is 3.40. The maximum absolute atomic E-state index is 13.2. The molecule has 0 heterocycles. The van der Waals surface area contributed by atoms with Crippen molar-refractivity contribution in [2.45, 2.75) is 32.4 Å².